The number of rotatable bonds is 25. The van der Waals surface area contributed by atoms with Gasteiger partial charge in [0.1, 0.15) is 23.3 Å². The Morgan fingerprint density at radius 1 is 0.219 bits per heavy atom. The highest BCUT2D eigenvalue weighted by Gasteiger charge is 2.13. The number of allylic oxidation sites excluding steroid dienone is 8. The first-order valence-electron chi connectivity index (χ1n) is 37.7. The molecule has 12 rings (SSSR count). The Balaban J connectivity index is 0.000000162. The first kappa shape index (κ1) is 78.5. The summed E-state index contributed by atoms with van der Waals surface area (Å²) in [6.07, 6.45) is 30.7. The highest BCUT2D eigenvalue weighted by atomic mass is 19.1. The fourth-order valence-electron chi connectivity index (χ4n) is 12.8. The molecule has 0 N–H and O–H groups in total. The molecule has 0 spiro atoms. The smallest absolute Gasteiger partial charge is 0.131 e. The summed E-state index contributed by atoms with van der Waals surface area (Å²) in [6.45, 7) is 16.7. The molecule has 534 valence electrons. The second-order valence-electron chi connectivity index (χ2n) is 26.8. The highest BCUT2D eigenvalue weighted by molar-refractivity contribution is 5.75. The van der Waals surface area contributed by atoms with Gasteiger partial charge in [-0.1, -0.05) is 330 Å². The molecule has 12 aromatic rings. The van der Waals surface area contributed by atoms with Gasteiger partial charge in [-0.3, -0.25) is 0 Å². The third kappa shape index (κ3) is 23.7. The molecule has 0 unspecified atom stereocenters. The SMILES string of the molecule is C/C=C/CCc1ccc(-c2ccc(-c3ccc(C)cc3)c(F)c2)cc1.C/C=C/CCc1ccc(-c2ccc(-c3ccc(CC)cc3)c(F)c2)cc1.C/C=C/CCc1ccc(-c2ccc(-c3ccc(CCC)cc3)c(F)c2)cc1.C/C=C/CCc1ccc(-c2ccc(-c3ccc(CCC)cc3)cc2F)cc1. The van der Waals surface area contributed by atoms with Crippen LogP contribution in [-0.4, -0.2) is 0 Å². The van der Waals surface area contributed by atoms with Crippen LogP contribution in [0.3, 0.4) is 0 Å². The summed E-state index contributed by atoms with van der Waals surface area (Å²) in [4.78, 5) is 0. The number of benzene rings is 12. The van der Waals surface area contributed by atoms with Gasteiger partial charge < -0.3 is 0 Å². The quantitative estimate of drug-likeness (QED) is 0.0395. The van der Waals surface area contributed by atoms with Crippen molar-refractivity contribution in [2.45, 2.75) is 139 Å². The third-order valence-corrected chi connectivity index (χ3v) is 19.0. The first-order chi connectivity index (χ1) is 51.3. The summed E-state index contributed by atoms with van der Waals surface area (Å²) in [5.41, 5.74) is 24.4. The lowest BCUT2D eigenvalue weighted by molar-refractivity contribution is 0.631. The maximum atomic E-state index is 14.8. The van der Waals surface area contributed by atoms with Crippen LogP contribution in [-0.2, 0) is 44.9 Å². The van der Waals surface area contributed by atoms with Crippen LogP contribution in [0.4, 0.5) is 17.6 Å². The van der Waals surface area contributed by atoms with Crippen LogP contribution in [0.1, 0.15) is 131 Å². The topological polar surface area (TPSA) is 0 Å². The van der Waals surface area contributed by atoms with E-state index in [1.807, 2.05) is 144 Å². The first-order valence-corrected chi connectivity index (χ1v) is 37.7. The van der Waals surface area contributed by atoms with Crippen LogP contribution in [0.25, 0.3) is 89.0 Å². The standard InChI is InChI=1S/2C26H27F.C25H25F.C24H23F/c1-3-5-6-8-21-9-13-22(14-10-21)24-17-18-25(26(27)19-24)23-15-11-20(7-4-2)12-16-23;1-3-5-6-8-21-11-15-23(16-12-21)25-18-17-24(19-26(25)27)22-13-9-20(7-4-2)10-14-22;1-3-5-6-7-20-10-12-21(13-11-20)23-16-17-24(25(26)18-23)22-14-8-19(4-2)9-15-22;1-3-4-5-6-19-9-13-20(14-10-19)22-15-16-23(24(25)17-22)21-11-7-18(2)8-12-21/h2*3,5,9-19H,4,6-8H2,1-2H3;3,5,8-18H,4,6-7H2,1-2H3;3-4,7-17H,5-6H2,1-2H3/b3*5-3+;4-3+. The van der Waals surface area contributed by atoms with Crippen molar-refractivity contribution >= 4 is 0 Å². The van der Waals surface area contributed by atoms with E-state index < -0.39 is 0 Å². The van der Waals surface area contributed by atoms with Crippen LogP contribution in [0, 0.1) is 30.2 Å². The fraction of sp³-hybridized carbons (Fsp3) is 0.208. The molecule has 0 aromatic heterocycles. The molecule has 0 heterocycles. The van der Waals surface area contributed by atoms with E-state index in [0.717, 1.165) is 150 Å². The predicted octanol–water partition coefficient (Wildman–Crippen LogP) is 29.4. The zero-order chi connectivity index (χ0) is 74.1. The molecule has 0 aliphatic rings. The minimum absolute atomic E-state index is 0.173. The van der Waals surface area contributed by atoms with E-state index >= 15 is 0 Å². The van der Waals surface area contributed by atoms with Gasteiger partial charge in [0.25, 0.3) is 0 Å². The average Bonchev–Trinajstić information content (AvgIpc) is 0.833. The van der Waals surface area contributed by atoms with Gasteiger partial charge >= 0.3 is 0 Å². The monoisotopic (exact) mass is 1390 g/mol. The molecule has 0 bridgehead atoms. The molecule has 0 fully saturated rings. The summed E-state index contributed by atoms with van der Waals surface area (Å²) < 4.78 is 58.8. The van der Waals surface area contributed by atoms with Crippen molar-refractivity contribution in [1.82, 2.24) is 0 Å². The molecular formula is C101H102F4. The zero-order valence-corrected chi connectivity index (χ0v) is 62.7. The Hall–Kier alpha value is -10.7. The molecule has 0 atom stereocenters. The van der Waals surface area contributed by atoms with Gasteiger partial charge in [0.2, 0.25) is 0 Å². The van der Waals surface area contributed by atoms with Crippen molar-refractivity contribution in [3.05, 3.63) is 383 Å². The van der Waals surface area contributed by atoms with Gasteiger partial charge in [-0.15, -0.1) is 0 Å². The fourth-order valence-corrected chi connectivity index (χ4v) is 12.8. The van der Waals surface area contributed by atoms with Gasteiger partial charge in [0.05, 0.1) is 0 Å². The van der Waals surface area contributed by atoms with Crippen LogP contribution in [0.15, 0.2) is 316 Å². The Kier molecular flexibility index (Phi) is 31.1. The van der Waals surface area contributed by atoms with Crippen LogP contribution >= 0.6 is 0 Å². The lowest BCUT2D eigenvalue weighted by Gasteiger charge is -2.09. The van der Waals surface area contributed by atoms with Crippen LogP contribution in [0.2, 0.25) is 0 Å². The molecule has 105 heavy (non-hydrogen) atoms. The van der Waals surface area contributed by atoms with E-state index in [4.69, 9.17) is 0 Å². The molecule has 12 aromatic carbocycles. The van der Waals surface area contributed by atoms with Gasteiger partial charge in [-0.2, -0.15) is 0 Å². The van der Waals surface area contributed by atoms with Crippen molar-refractivity contribution in [2.24, 2.45) is 0 Å². The van der Waals surface area contributed by atoms with Crippen molar-refractivity contribution in [2.75, 3.05) is 0 Å². The van der Waals surface area contributed by atoms with Crippen molar-refractivity contribution in [1.29, 1.82) is 0 Å². The van der Waals surface area contributed by atoms with Crippen LogP contribution in [0.5, 0.6) is 0 Å². The Labute approximate surface area is 625 Å². The van der Waals surface area contributed by atoms with E-state index in [9.17, 15) is 17.6 Å². The number of halogens is 4. The second kappa shape index (κ2) is 41.6. The molecular weight excluding hydrogens is 1290 g/mol. The van der Waals surface area contributed by atoms with E-state index in [0.29, 0.717) is 22.3 Å². The lowest BCUT2D eigenvalue weighted by atomic mass is 9.97. The maximum absolute atomic E-state index is 14.8. The Morgan fingerprint density at radius 3 is 0.610 bits per heavy atom. The van der Waals surface area contributed by atoms with E-state index in [-0.39, 0.29) is 23.3 Å². The zero-order valence-electron chi connectivity index (χ0n) is 62.7. The maximum Gasteiger partial charge on any atom is 0.131 e. The highest BCUT2D eigenvalue weighted by Crippen LogP contribution is 2.34. The van der Waals surface area contributed by atoms with Gasteiger partial charge in [-0.05, 0) is 235 Å². The molecule has 0 radical (unpaired) electrons. The van der Waals surface area contributed by atoms with E-state index in [1.165, 1.54) is 44.5 Å². The number of hydrogen-bond acceptors (Lipinski definition) is 0. The lowest BCUT2D eigenvalue weighted by Crippen LogP contribution is -1.89. The second-order valence-corrected chi connectivity index (χ2v) is 26.8. The number of aryl methyl sites for hydroxylation is 8. The normalized spacial score (nSPS) is 11.2. The molecule has 0 aliphatic heterocycles. The van der Waals surface area contributed by atoms with Gasteiger partial charge in [0, 0.05) is 22.3 Å². The molecule has 0 aliphatic carbocycles. The third-order valence-electron chi connectivity index (χ3n) is 19.0. The summed E-state index contributed by atoms with van der Waals surface area (Å²) in [6, 6.07) is 88.3. The number of hydrogen-bond donors (Lipinski definition) is 0. The molecule has 0 saturated heterocycles. The predicted molar refractivity (Wildman–Crippen MR) is 444 cm³/mol. The minimum atomic E-state index is -0.182. The van der Waals surface area contributed by atoms with E-state index in [1.54, 1.807) is 24.3 Å². The largest absolute Gasteiger partial charge is 0.206 e. The minimum Gasteiger partial charge on any atom is -0.206 e. The molecule has 0 nitrogen and oxygen atoms in total. The van der Waals surface area contributed by atoms with Crippen molar-refractivity contribution in [3.8, 4) is 89.0 Å². The van der Waals surface area contributed by atoms with Crippen molar-refractivity contribution < 1.29 is 17.6 Å². The molecule has 0 amide bonds. The summed E-state index contributed by atoms with van der Waals surface area (Å²) >= 11 is 0. The average molecular weight is 1390 g/mol. The van der Waals surface area contributed by atoms with E-state index in [2.05, 4.69) is 203 Å². The Bertz CT molecular complexity index is 4720. The molecule has 4 heteroatoms. The Morgan fingerprint density at radius 2 is 0.410 bits per heavy atom. The summed E-state index contributed by atoms with van der Waals surface area (Å²) in [5, 5.41) is 0. The van der Waals surface area contributed by atoms with Gasteiger partial charge in [0.15, 0.2) is 0 Å². The molecule has 0 saturated carbocycles. The van der Waals surface area contributed by atoms with Crippen LogP contribution < -0.4 is 0 Å². The van der Waals surface area contributed by atoms with Crippen molar-refractivity contribution in [3.63, 3.8) is 0 Å². The summed E-state index contributed by atoms with van der Waals surface area (Å²) in [7, 11) is 0. The van der Waals surface area contributed by atoms with Gasteiger partial charge in [-0.25, -0.2) is 17.6 Å². The summed E-state index contributed by atoms with van der Waals surface area (Å²) in [5.74, 6) is -0.706.